The molecule has 74 valence electrons. The number of hydrogen-bond acceptors (Lipinski definition) is 2. The van der Waals surface area contributed by atoms with Gasteiger partial charge in [-0.15, -0.1) is 0 Å². The van der Waals surface area contributed by atoms with Crippen molar-refractivity contribution in [3.8, 4) is 0 Å². The Morgan fingerprint density at radius 1 is 1.43 bits per heavy atom. The van der Waals surface area contributed by atoms with E-state index < -0.39 is 6.09 Å². The summed E-state index contributed by atoms with van der Waals surface area (Å²) in [5, 5.41) is 10.7. The lowest BCUT2D eigenvalue weighted by atomic mass is 10.1. The monoisotopic (exact) mass is 305 g/mol. The molecule has 5 heteroatoms. The van der Waals surface area contributed by atoms with Gasteiger partial charge in [-0.1, -0.05) is 0 Å². The van der Waals surface area contributed by atoms with Crippen LogP contribution in [0, 0.1) is 3.57 Å². The van der Waals surface area contributed by atoms with Gasteiger partial charge >= 0.3 is 6.09 Å². The van der Waals surface area contributed by atoms with Gasteiger partial charge in [0.2, 0.25) is 0 Å². The minimum atomic E-state index is -1.17. The molecule has 2 N–H and O–H groups in total. The number of carboxylic acid groups (broad SMARTS) is 1. The Bertz CT molecular complexity index is 390. The fourth-order valence-electron chi connectivity index (χ4n) is 1.03. The number of benzene rings is 1. The maximum atomic E-state index is 11.2. The fraction of sp³-hybridized carbons (Fsp3) is 0.111. The van der Waals surface area contributed by atoms with Crippen LogP contribution in [-0.4, -0.2) is 17.0 Å². The van der Waals surface area contributed by atoms with Crippen LogP contribution in [0.4, 0.5) is 10.5 Å². The average Bonchev–Trinajstić information content (AvgIpc) is 2.07. The summed E-state index contributed by atoms with van der Waals surface area (Å²) in [6.45, 7) is 1.40. The Kier molecular flexibility index (Phi) is 3.45. The minimum absolute atomic E-state index is 0.160. The number of ketones is 1. The van der Waals surface area contributed by atoms with E-state index in [4.69, 9.17) is 5.11 Å². The van der Waals surface area contributed by atoms with Gasteiger partial charge in [-0.05, 0) is 47.7 Å². The van der Waals surface area contributed by atoms with Crippen molar-refractivity contribution in [1.29, 1.82) is 0 Å². The summed E-state index contributed by atoms with van der Waals surface area (Å²) < 4.78 is 0.892. The molecule has 0 aliphatic heterocycles. The van der Waals surface area contributed by atoms with Gasteiger partial charge < -0.3 is 5.11 Å². The Hall–Kier alpha value is -1.11. The van der Waals surface area contributed by atoms with Gasteiger partial charge in [0.1, 0.15) is 0 Å². The first-order valence-corrected chi connectivity index (χ1v) is 4.89. The Labute approximate surface area is 94.5 Å². The highest BCUT2D eigenvalue weighted by Gasteiger charge is 2.09. The first kappa shape index (κ1) is 11.0. The number of carbonyl (C=O) groups is 2. The lowest BCUT2D eigenvalue weighted by Gasteiger charge is -2.06. The van der Waals surface area contributed by atoms with Crippen molar-refractivity contribution in [2.24, 2.45) is 0 Å². The predicted octanol–water partition coefficient (Wildman–Crippen LogP) is 2.58. The zero-order valence-electron chi connectivity index (χ0n) is 7.37. The first-order chi connectivity index (χ1) is 6.50. The summed E-state index contributed by atoms with van der Waals surface area (Å²) in [7, 11) is 0. The molecule has 14 heavy (non-hydrogen) atoms. The third kappa shape index (κ3) is 2.69. The summed E-state index contributed by atoms with van der Waals surface area (Å²) in [6, 6.07) is 4.96. The summed E-state index contributed by atoms with van der Waals surface area (Å²) in [6.07, 6.45) is -1.17. The number of rotatable bonds is 2. The Morgan fingerprint density at radius 3 is 2.57 bits per heavy atom. The summed E-state index contributed by atoms with van der Waals surface area (Å²) in [5.41, 5.74) is 0.713. The third-order valence-corrected chi connectivity index (χ3v) is 2.27. The van der Waals surface area contributed by atoms with Crippen molar-refractivity contribution in [1.82, 2.24) is 0 Å². The second-order valence-corrected chi connectivity index (χ2v) is 3.92. The van der Waals surface area contributed by atoms with E-state index in [1.165, 1.54) is 6.92 Å². The molecule has 1 aromatic carbocycles. The van der Waals surface area contributed by atoms with Gasteiger partial charge in [-0.25, -0.2) is 4.79 Å². The number of Topliss-reactive ketones (excluding diaryl/α,β-unsaturated/α-hetero) is 1. The van der Waals surface area contributed by atoms with Crippen molar-refractivity contribution < 1.29 is 14.7 Å². The van der Waals surface area contributed by atoms with E-state index >= 15 is 0 Å². The van der Waals surface area contributed by atoms with Gasteiger partial charge in [0, 0.05) is 9.13 Å². The van der Waals surface area contributed by atoms with Crippen LogP contribution in [0.25, 0.3) is 0 Å². The molecule has 4 nitrogen and oxygen atoms in total. The molecule has 0 aromatic heterocycles. The second kappa shape index (κ2) is 4.41. The molecule has 1 amide bonds. The molecule has 0 atom stereocenters. The molecule has 1 aromatic rings. The molecule has 1 rings (SSSR count). The van der Waals surface area contributed by atoms with E-state index in [0.717, 1.165) is 3.57 Å². The van der Waals surface area contributed by atoms with Crippen LogP contribution in [0.2, 0.25) is 0 Å². The maximum absolute atomic E-state index is 11.2. The summed E-state index contributed by atoms with van der Waals surface area (Å²) in [5.74, 6) is -0.160. The van der Waals surface area contributed by atoms with Crippen molar-refractivity contribution in [2.45, 2.75) is 6.92 Å². The number of carbonyl (C=O) groups excluding carboxylic acids is 1. The molecule has 0 bridgehead atoms. The van der Waals surface area contributed by atoms with Crippen molar-refractivity contribution in [3.05, 3.63) is 27.3 Å². The van der Waals surface area contributed by atoms with Crippen molar-refractivity contribution in [2.75, 3.05) is 5.32 Å². The lowest BCUT2D eigenvalue weighted by molar-refractivity contribution is 0.101. The van der Waals surface area contributed by atoms with Crippen LogP contribution >= 0.6 is 22.6 Å². The van der Waals surface area contributed by atoms with Crippen LogP contribution in [0.1, 0.15) is 17.3 Å². The summed E-state index contributed by atoms with van der Waals surface area (Å²) in [4.78, 5) is 21.6. The van der Waals surface area contributed by atoms with Crippen LogP contribution in [0.15, 0.2) is 18.2 Å². The minimum Gasteiger partial charge on any atom is -0.465 e. The number of hydrogen-bond donors (Lipinski definition) is 2. The van der Waals surface area contributed by atoms with Crippen molar-refractivity contribution >= 4 is 40.2 Å². The second-order valence-electron chi connectivity index (χ2n) is 2.68. The highest BCUT2D eigenvalue weighted by Crippen LogP contribution is 2.19. The number of nitrogens with one attached hydrogen (secondary N) is 1. The normalized spacial score (nSPS) is 9.57. The van der Waals surface area contributed by atoms with Crippen molar-refractivity contribution in [3.63, 3.8) is 0 Å². The van der Waals surface area contributed by atoms with Gasteiger partial charge in [-0.3, -0.25) is 10.1 Å². The zero-order chi connectivity index (χ0) is 10.7. The van der Waals surface area contributed by atoms with Crippen LogP contribution in [-0.2, 0) is 0 Å². The number of anilines is 1. The highest BCUT2D eigenvalue weighted by atomic mass is 127. The molecule has 0 radical (unpaired) electrons. The third-order valence-electron chi connectivity index (χ3n) is 1.60. The van der Waals surface area contributed by atoms with E-state index in [9.17, 15) is 9.59 Å². The van der Waals surface area contributed by atoms with Gasteiger partial charge in [0.05, 0.1) is 5.69 Å². The largest absolute Gasteiger partial charge is 0.465 e. The summed E-state index contributed by atoms with van der Waals surface area (Å²) >= 11 is 2.06. The van der Waals surface area contributed by atoms with Crippen LogP contribution < -0.4 is 5.32 Å². The Morgan fingerprint density at radius 2 is 2.07 bits per heavy atom. The fourth-order valence-corrected chi connectivity index (χ4v) is 1.52. The van der Waals surface area contributed by atoms with Crippen LogP contribution in [0.5, 0.6) is 0 Å². The quantitative estimate of drug-likeness (QED) is 0.652. The van der Waals surface area contributed by atoms with E-state index in [1.54, 1.807) is 18.2 Å². The van der Waals surface area contributed by atoms with Gasteiger partial charge in [0.15, 0.2) is 5.78 Å². The molecule has 0 aliphatic carbocycles. The first-order valence-electron chi connectivity index (χ1n) is 3.81. The number of amides is 1. The number of halogens is 1. The predicted molar refractivity (Wildman–Crippen MR) is 60.8 cm³/mol. The molecule has 0 spiro atoms. The topological polar surface area (TPSA) is 66.4 Å². The SMILES string of the molecule is CC(=O)c1cc(I)ccc1NC(=O)O. The molecule has 0 saturated carbocycles. The molecule has 0 unspecified atom stereocenters. The average molecular weight is 305 g/mol. The van der Waals surface area contributed by atoms with E-state index in [2.05, 4.69) is 27.9 Å². The van der Waals surface area contributed by atoms with Gasteiger partial charge in [0.25, 0.3) is 0 Å². The standard InChI is InChI=1S/C9H8INO3/c1-5(12)7-4-6(10)2-3-8(7)11-9(13)14/h2-4,11H,1H3,(H,13,14). The molecule has 0 aliphatic rings. The smallest absolute Gasteiger partial charge is 0.409 e. The highest BCUT2D eigenvalue weighted by molar-refractivity contribution is 14.1. The van der Waals surface area contributed by atoms with Gasteiger partial charge in [-0.2, -0.15) is 0 Å². The lowest BCUT2D eigenvalue weighted by Crippen LogP contribution is -2.10. The molecular formula is C9H8INO3. The van der Waals surface area contributed by atoms with Crippen LogP contribution in [0.3, 0.4) is 0 Å². The molecule has 0 saturated heterocycles. The van der Waals surface area contributed by atoms with E-state index in [1.807, 2.05) is 0 Å². The Balaban J connectivity index is 3.14. The van der Waals surface area contributed by atoms with E-state index in [0.29, 0.717) is 11.3 Å². The maximum Gasteiger partial charge on any atom is 0.409 e. The molecular weight excluding hydrogens is 297 g/mol. The molecule has 0 fully saturated rings. The van der Waals surface area contributed by atoms with E-state index in [-0.39, 0.29) is 5.78 Å². The molecule has 0 heterocycles. The zero-order valence-corrected chi connectivity index (χ0v) is 9.53.